The Labute approximate surface area is 133 Å². The molecule has 1 aromatic carbocycles. The first-order valence-corrected chi connectivity index (χ1v) is 7.46. The second kappa shape index (κ2) is 6.48. The number of nitrogens with one attached hydrogen (secondary N) is 1. The molecule has 0 aliphatic rings. The third-order valence-corrected chi connectivity index (χ3v) is 3.62. The van der Waals surface area contributed by atoms with Crippen LogP contribution in [-0.4, -0.2) is 16.1 Å². The lowest BCUT2D eigenvalue weighted by molar-refractivity contribution is -0.119. The molecule has 3 aromatic rings. The molecule has 0 aliphatic carbocycles. The van der Waals surface area contributed by atoms with Gasteiger partial charge in [-0.25, -0.2) is 0 Å². The van der Waals surface area contributed by atoms with Gasteiger partial charge in [-0.15, -0.1) is 10.2 Å². The third-order valence-electron chi connectivity index (χ3n) is 3.62. The van der Waals surface area contributed by atoms with Crippen LogP contribution in [0.2, 0.25) is 0 Å². The minimum atomic E-state index is -0.0125. The van der Waals surface area contributed by atoms with Crippen molar-refractivity contribution >= 4 is 11.6 Å². The van der Waals surface area contributed by atoms with Crippen LogP contribution in [0.5, 0.6) is 0 Å². The molecule has 0 radical (unpaired) electrons. The zero-order valence-corrected chi connectivity index (χ0v) is 12.9. The van der Waals surface area contributed by atoms with Crippen LogP contribution in [0.1, 0.15) is 20.3 Å². The zero-order chi connectivity index (χ0) is 16.2. The smallest absolute Gasteiger partial charge is 0.283 e. The van der Waals surface area contributed by atoms with Crippen LogP contribution < -0.4 is 5.32 Å². The zero-order valence-electron chi connectivity index (χ0n) is 12.9. The van der Waals surface area contributed by atoms with Gasteiger partial charge in [0, 0.05) is 17.2 Å². The summed E-state index contributed by atoms with van der Waals surface area (Å²) in [5, 5.41) is 10.8. The van der Waals surface area contributed by atoms with Gasteiger partial charge >= 0.3 is 0 Å². The number of anilines is 1. The summed E-state index contributed by atoms with van der Waals surface area (Å²) in [7, 11) is 0. The highest BCUT2D eigenvalue weighted by Crippen LogP contribution is 2.25. The molecule has 0 bridgehead atoms. The van der Waals surface area contributed by atoms with E-state index in [0.717, 1.165) is 17.7 Å². The first kappa shape index (κ1) is 15.0. The minimum Gasteiger partial charge on any atom is -0.459 e. The lowest BCUT2D eigenvalue weighted by Crippen LogP contribution is -2.19. The highest BCUT2D eigenvalue weighted by molar-refractivity contribution is 5.92. The van der Waals surface area contributed by atoms with Crippen molar-refractivity contribution in [2.75, 3.05) is 5.32 Å². The summed E-state index contributed by atoms with van der Waals surface area (Å²) in [5.74, 6) is 1.26. The molecule has 0 spiro atoms. The van der Waals surface area contributed by atoms with Crippen molar-refractivity contribution in [1.82, 2.24) is 10.2 Å². The van der Waals surface area contributed by atoms with Crippen molar-refractivity contribution in [3.05, 3.63) is 42.7 Å². The number of rotatable bonds is 5. The van der Waals surface area contributed by atoms with Gasteiger partial charge in [-0.3, -0.25) is 4.79 Å². The van der Waals surface area contributed by atoms with E-state index in [1.807, 2.05) is 38.1 Å². The second-order valence-corrected chi connectivity index (χ2v) is 5.27. The number of hydrogen-bond donors (Lipinski definition) is 1. The van der Waals surface area contributed by atoms with Crippen molar-refractivity contribution in [3.8, 4) is 23.1 Å². The molecular weight excluding hydrogens is 294 g/mol. The number of carbonyl (C=O) groups excluding carboxylic acids is 1. The SMILES string of the molecule is CC[C@@H](C)C(=O)Nc1ccc(-c2nnc(-c3ccco3)o2)cc1. The molecule has 1 N–H and O–H groups in total. The van der Waals surface area contributed by atoms with Gasteiger partial charge in [0.25, 0.3) is 5.89 Å². The molecule has 6 nitrogen and oxygen atoms in total. The molecule has 23 heavy (non-hydrogen) atoms. The van der Waals surface area contributed by atoms with E-state index in [0.29, 0.717) is 17.5 Å². The number of carbonyl (C=O) groups is 1. The first-order valence-electron chi connectivity index (χ1n) is 7.46. The average molecular weight is 311 g/mol. The molecule has 0 fully saturated rings. The van der Waals surface area contributed by atoms with Crippen LogP contribution in [0.25, 0.3) is 23.1 Å². The third kappa shape index (κ3) is 3.31. The van der Waals surface area contributed by atoms with Crippen LogP contribution in [0, 0.1) is 5.92 Å². The number of furan rings is 1. The summed E-state index contributed by atoms with van der Waals surface area (Å²) in [4.78, 5) is 11.9. The second-order valence-electron chi connectivity index (χ2n) is 5.27. The molecule has 3 rings (SSSR count). The van der Waals surface area contributed by atoms with E-state index < -0.39 is 0 Å². The molecule has 2 aromatic heterocycles. The fourth-order valence-corrected chi connectivity index (χ4v) is 1.99. The number of aromatic nitrogens is 2. The molecule has 0 saturated heterocycles. The quantitative estimate of drug-likeness (QED) is 0.770. The van der Waals surface area contributed by atoms with E-state index in [4.69, 9.17) is 8.83 Å². The fourth-order valence-electron chi connectivity index (χ4n) is 1.99. The van der Waals surface area contributed by atoms with Crippen molar-refractivity contribution in [1.29, 1.82) is 0 Å². The molecule has 1 atom stereocenters. The number of benzene rings is 1. The van der Waals surface area contributed by atoms with Gasteiger partial charge in [0.2, 0.25) is 11.8 Å². The van der Waals surface area contributed by atoms with Crippen molar-refractivity contribution in [2.45, 2.75) is 20.3 Å². The van der Waals surface area contributed by atoms with E-state index in [-0.39, 0.29) is 11.8 Å². The lowest BCUT2D eigenvalue weighted by atomic mass is 10.1. The number of amides is 1. The molecule has 0 aliphatic heterocycles. The minimum absolute atomic E-state index is 0.0122. The first-order chi connectivity index (χ1) is 11.2. The average Bonchev–Trinajstić information content (AvgIpc) is 3.25. The Kier molecular flexibility index (Phi) is 4.23. The number of nitrogens with zero attached hydrogens (tertiary/aromatic N) is 2. The molecule has 1 amide bonds. The highest BCUT2D eigenvalue weighted by atomic mass is 16.4. The van der Waals surface area contributed by atoms with Gasteiger partial charge in [0.15, 0.2) is 5.76 Å². The van der Waals surface area contributed by atoms with E-state index >= 15 is 0 Å². The van der Waals surface area contributed by atoms with Gasteiger partial charge in [-0.05, 0) is 42.8 Å². The molecule has 0 saturated carbocycles. The topological polar surface area (TPSA) is 81.2 Å². The monoisotopic (exact) mass is 311 g/mol. The van der Waals surface area contributed by atoms with Gasteiger partial charge in [-0.1, -0.05) is 13.8 Å². The summed E-state index contributed by atoms with van der Waals surface area (Å²) in [6.45, 7) is 3.89. The van der Waals surface area contributed by atoms with Gasteiger partial charge < -0.3 is 14.2 Å². The Hall–Kier alpha value is -2.89. The van der Waals surface area contributed by atoms with Crippen LogP contribution in [0.3, 0.4) is 0 Å². The molecule has 118 valence electrons. The fraction of sp³-hybridized carbons (Fsp3) is 0.235. The molecule has 0 unspecified atom stereocenters. The van der Waals surface area contributed by atoms with Crippen LogP contribution in [0.4, 0.5) is 5.69 Å². The van der Waals surface area contributed by atoms with E-state index in [1.54, 1.807) is 18.4 Å². The maximum atomic E-state index is 11.9. The summed E-state index contributed by atoms with van der Waals surface area (Å²) >= 11 is 0. The molecule has 2 heterocycles. The summed E-state index contributed by atoms with van der Waals surface area (Å²) in [5.41, 5.74) is 1.52. The van der Waals surface area contributed by atoms with Gasteiger partial charge in [0.05, 0.1) is 6.26 Å². The maximum Gasteiger partial charge on any atom is 0.283 e. The summed E-state index contributed by atoms with van der Waals surface area (Å²) < 4.78 is 10.8. The summed E-state index contributed by atoms with van der Waals surface area (Å²) in [6.07, 6.45) is 2.36. The van der Waals surface area contributed by atoms with Crippen molar-refractivity contribution < 1.29 is 13.6 Å². The number of hydrogen-bond acceptors (Lipinski definition) is 5. The Morgan fingerprint density at radius 3 is 2.57 bits per heavy atom. The predicted molar refractivity (Wildman–Crippen MR) is 85.5 cm³/mol. The standard InChI is InChI=1S/C17H17N3O3/c1-3-11(2)15(21)18-13-8-6-12(7-9-13)16-19-20-17(23-16)14-5-4-10-22-14/h4-11H,3H2,1-2H3,(H,18,21)/t11-/m1/s1. The Bertz CT molecular complexity index is 776. The summed E-state index contributed by atoms with van der Waals surface area (Å²) in [6, 6.07) is 10.8. The highest BCUT2D eigenvalue weighted by Gasteiger charge is 2.13. The Morgan fingerprint density at radius 1 is 1.17 bits per heavy atom. The van der Waals surface area contributed by atoms with E-state index in [2.05, 4.69) is 15.5 Å². The maximum absolute atomic E-state index is 11.9. The molecule has 6 heteroatoms. The largest absolute Gasteiger partial charge is 0.459 e. The van der Waals surface area contributed by atoms with Gasteiger partial charge in [-0.2, -0.15) is 0 Å². The predicted octanol–water partition coefficient (Wildman–Crippen LogP) is 3.98. The van der Waals surface area contributed by atoms with Crippen LogP contribution in [0.15, 0.2) is 51.5 Å². The van der Waals surface area contributed by atoms with Crippen LogP contribution in [-0.2, 0) is 4.79 Å². The Balaban J connectivity index is 1.74. The molecular formula is C17H17N3O3. The van der Waals surface area contributed by atoms with Crippen LogP contribution >= 0.6 is 0 Å². The lowest BCUT2D eigenvalue weighted by Gasteiger charge is -2.09. The van der Waals surface area contributed by atoms with E-state index in [1.165, 1.54) is 0 Å². The normalized spacial score (nSPS) is 12.1. The Morgan fingerprint density at radius 2 is 1.91 bits per heavy atom. The van der Waals surface area contributed by atoms with E-state index in [9.17, 15) is 4.79 Å². The van der Waals surface area contributed by atoms with Crippen molar-refractivity contribution in [3.63, 3.8) is 0 Å². The van der Waals surface area contributed by atoms with Gasteiger partial charge in [0.1, 0.15) is 0 Å². The van der Waals surface area contributed by atoms with Crippen molar-refractivity contribution in [2.24, 2.45) is 5.92 Å².